The minimum absolute atomic E-state index is 0. The van der Waals surface area contributed by atoms with E-state index >= 15 is 0 Å². The van der Waals surface area contributed by atoms with E-state index in [1.165, 1.54) is 0 Å². The van der Waals surface area contributed by atoms with Crippen molar-refractivity contribution in [3.8, 4) is 0 Å². The second-order valence-electron chi connectivity index (χ2n) is 0. The maximum absolute atomic E-state index is 0. The van der Waals surface area contributed by atoms with Gasteiger partial charge in [0, 0.05) is 52.7 Å². The second-order valence-corrected chi connectivity index (χ2v) is 0. The Bertz CT molecular complexity index is 8.00. The van der Waals surface area contributed by atoms with Crippen LogP contribution in [0.5, 0.6) is 0 Å². The fraction of sp³-hybridized carbons (Fsp3) is 0. The van der Waals surface area contributed by atoms with Crippen LogP contribution in [0.1, 0.15) is 0 Å². The van der Waals surface area contributed by atoms with Gasteiger partial charge in [-0.05, 0) is 0 Å². The van der Waals surface area contributed by atoms with Gasteiger partial charge in [-0.1, -0.05) is 0 Å². The molecule has 4 heteroatoms. The predicted molar refractivity (Wildman–Crippen MR) is 17.1 cm³/mol. The Morgan fingerprint density at radius 3 is 1.00 bits per heavy atom. The molecule has 0 amide bonds. The standard InChI is InChI=1S/Ca.La.Mn.Sr.4H. The summed E-state index contributed by atoms with van der Waals surface area (Å²) >= 11 is 0. The fourth-order valence-electron chi connectivity index (χ4n) is 0. The minimum atomic E-state index is 0. The maximum atomic E-state index is 0. The summed E-state index contributed by atoms with van der Waals surface area (Å²) in [6, 6.07) is 0. The van der Waals surface area contributed by atoms with Gasteiger partial charge in [0.2, 0.25) is 0 Å². The van der Waals surface area contributed by atoms with Crippen molar-refractivity contribution in [3.63, 3.8) is 0 Å². The number of hydrogen-bond donors (Lipinski definition) is 0. The molecule has 4 heavy (non-hydrogen) atoms. The van der Waals surface area contributed by atoms with Crippen molar-refractivity contribution < 1.29 is 52.7 Å². The van der Waals surface area contributed by atoms with Crippen LogP contribution in [0.15, 0.2) is 0 Å². The zero-order valence-electron chi connectivity index (χ0n) is 0.955. The van der Waals surface area contributed by atoms with Crippen LogP contribution in [-0.4, -0.2) is 83.2 Å². The summed E-state index contributed by atoms with van der Waals surface area (Å²) < 4.78 is 0. The molecule has 0 atom stereocenters. The van der Waals surface area contributed by atoms with Crippen molar-refractivity contribution in [1.82, 2.24) is 0 Å². The van der Waals surface area contributed by atoms with Crippen LogP contribution in [0, 0.1) is 35.6 Å². The Balaban J connectivity index is 0. The van der Waals surface area contributed by atoms with Gasteiger partial charge in [0.15, 0.2) is 0 Å². The van der Waals surface area contributed by atoms with E-state index in [1.807, 2.05) is 0 Å². The fourth-order valence-corrected chi connectivity index (χ4v) is 0. The Morgan fingerprint density at radius 2 is 1.00 bits per heavy atom. The monoisotopic (exact) mass is 326 g/mol. The molecule has 0 nitrogen and oxygen atoms in total. The normalized spacial score (nSPS) is 0. The third-order valence-corrected chi connectivity index (χ3v) is 0. The second kappa shape index (κ2) is 15.7. The van der Waals surface area contributed by atoms with Gasteiger partial charge in [-0.25, -0.2) is 0 Å². The average Bonchev–Trinajstić information content (AvgIpc) is 0. The van der Waals surface area contributed by atoms with Crippen molar-refractivity contribution in [1.29, 1.82) is 0 Å². The van der Waals surface area contributed by atoms with Crippen LogP contribution in [0.2, 0.25) is 0 Å². The van der Waals surface area contributed by atoms with Crippen LogP contribution in [-0.2, 0) is 17.1 Å². The molecule has 0 aromatic heterocycles. The summed E-state index contributed by atoms with van der Waals surface area (Å²) in [5.74, 6) is 0. The molecule has 0 saturated heterocycles. The van der Waals surface area contributed by atoms with Crippen LogP contribution in [0.3, 0.4) is 0 Å². The molecule has 0 aromatic carbocycles. The van der Waals surface area contributed by atoms with E-state index in [1.54, 1.807) is 0 Å². The first-order chi connectivity index (χ1) is 0. The molecule has 0 fully saturated rings. The van der Waals surface area contributed by atoms with Crippen molar-refractivity contribution in [2.75, 3.05) is 0 Å². The third-order valence-electron chi connectivity index (χ3n) is 0. The molecular weight excluding hydrogens is 322 g/mol. The summed E-state index contributed by atoms with van der Waals surface area (Å²) in [7, 11) is 0. The zero-order chi connectivity index (χ0) is 0. The summed E-state index contributed by atoms with van der Waals surface area (Å²) in [6.07, 6.45) is 0. The Kier molecular flexibility index (Phi) is 92.6. The molecule has 2 radical (unpaired) electrons. The third kappa shape index (κ3) is 9.68. The molecule has 0 aliphatic rings. The average molecular weight is 326 g/mol. The van der Waals surface area contributed by atoms with Gasteiger partial charge < -0.3 is 0 Å². The SMILES string of the molecule is [CaH2].[La].[Mn].[SrH2]. The molecule has 0 N–H and O–H groups in total. The van der Waals surface area contributed by atoms with Crippen LogP contribution < -0.4 is 0 Å². The van der Waals surface area contributed by atoms with Gasteiger partial charge in [0.05, 0.1) is 0 Å². The quantitative estimate of drug-likeness (QED) is 0.460. The number of hydrogen-bond acceptors (Lipinski definition) is 0. The van der Waals surface area contributed by atoms with Gasteiger partial charge in [-0.2, -0.15) is 0 Å². The van der Waals surface area contributed by atoms with Gasteiger partial charge in [0.25, 0.3) is 0 Å². The van der Waals surface area contributed by atoms with E-state index in [2.05, 4.69) is 0 Å². The summed E-state index contributed by atoms with van der Waals surface area (Å²) in [6.45, 7) is 0. The van der Waals surface area contributed by atoms with Crippen molar-refractivity contribution in [3.05, 3.63) is 0 Å². The van der Waals surface area contributed by atoms with E-state index < -0.39 is 0 Å². The Hall–Kier alpha value is 4.45. The van der Waals surface area contributed by atoms with E-state index in [9.17, 15) is 0 Å². The van der Waals surface area contributed by atoms with E-state index in [0.717, 1.165) is 0 Å². The first kappa shape index (κ1) is 23.7. The molecule has 0 spiro atoms. The summed E-state index contributed by atoms with van der Waals surface area (Å²) in [4.78, 5) is 0. The van der Waals surface area contributed by atoms with Crippen LogP contribution >= 0.6 is 0 Å². The molecule has 0 aromatic rings. The van der Waals surface area contributed by atoms with E-state index in [0.29, 0.717) is 0 Å². The van der Waals surface area contributed by atoms with Gasteiger partial charge in [-0.15, -0.1) is 0 Å². The van der Waals surface area contributed by atoms with Gasteiger partial charge in [0.1, 0.15) is 0 Å². The van der Waals surface area contributed by atoms with Crippen LogP contribution in [0.4, 0.5) is 0 Å². The molecule has 0 aliphatic carbocycles. The van der Waals surface area contributed by atoms with Crippen LogP contribution in [0.25, 0.3) is 0 Å². The van der Waals surface area contributed by atoms with E-state index in [-0.39, 0.29) is 136 Å². The van der Waals surface area contributed by atoms with Crippen molar-refractivity contribution in [2.45, 2.75) is 0 Å². The first-order valence-corrected chi connectivity index (χ1v) is 0. The first-order valence-electron chi connectivity index (χ1n) is 0. The molecule has 0 unspecified atom stereocenters. The molecule has 0 bridgehead atoms. The molecule has 18 valence electrons. The Morgan fingerprint density at radius 1 is 1.00 bits per heavy atom. The number of rotatable bonds is 0. The molecule has 0 saturated carbocycles. The summed E-state index contributed by atoms with van der Waals surface area (Å²) in [5.41, 5.74) is 0. The molecule has 0 rings (SSSR count). The Labute approximate surface area is 132 Å². The predicted octanol–water partition coefficient (Wildman–Crippen LogP) is -1.83. The summed E-state index contributed by atoms with van der Waals surface area (Å²) in [5, 5.41) is 0. The molecule has 0 heterocycles. The van der Waals surface area contributed by atoms with Crippen molar-refractivity contribution in [2.24, 2.45) is 0 Å². The molecular formula is H4CaLaMnSr. The van der Waals surface area contributed by atoms with E-state index in [4.69, 9.17) is 0 Å². The topological polar surface area (TPSA) is 0 Å². The molecule has 0 aliphatic heterocycles. The van der Waals surface area contributed by atoms with Gasteiger partial charge >= 0.3 is 83.2 Å². The zero-order valence-corrected chi connectivity index (χ0v) is 5.76. The van der Waals surface area contributed by atoms with Crippen molar-refractivity contribution >= 4 is 83.2 Å². The van der Waals surface area contributed by atoms with Gasteiger partial charge in [-0.3, -0.25) is 0 Å².